The van der Waals surface area contributed by atoms with Crippen LogP contribution in [0.1, 0.15) is 48.7 Å². The topological polar surface area (TPSA) is 93.0 Å². The van der Waals surface area contributed by atoms with Crippen molar-refractivity contribution in [1.29, 1.82) is 0 Å². The smallest absolute Gasteiger partial charge is 0.255 e. The first-order chi connectivity index (χ1) is 14.4. The molecule has 4 rings (SSSR count). The highest BCUT2D eigenvalue weighted by Crippen LogP contribution is 2.22. The summed E-state index contributed by atoms with van der Waals surface area (Å²) in [6.07, 6.45) is 6.35. The number of nitrogens with zero attached hydrogens (tertiary/aromatic N) is 5. The van der Waals surface area contributed by atoms with Crippen LogP contribution in [0, 0.1) is 12.8 Å². The van der Waals surface area contributed by atoms with Crippen LogP contribution >= 0.6 is 0 Å². The van der Waals surface area contributed by atoms with E-state index in [4.69, 9.17) is 0 Å². The molecule has 1 saturated heterocycles. The van der Waals surface area contributed by atoms with Crippen molar-refractivity contribution < 1.29 is 9.59 Å². The van der Waals surface area contributed by atoms with Gasteiger partial charge in [-0.1, -0.05) is 6.07 Å². The number of piperidine rings is 1. The number of hydrogen-bond acceptors (Lipinski definition) is 5. The first-order valence-corrected chi connectivity index (χ1v) is 10.3. The van der Waals surface area contributed by atoms with E-state index in [9.17, 15) is 9.59 Å². The van der Waals surface area contributed by atoms with Crippen molar-refractivity contribution in [3.63, 3.8) is 0 Å². The van der Waals surface area contributed by atoms with Crippen molar-refractivity contribution >= 4 is 28.7 Å². The van der Waals surface area contributed by atoms with E-state index in [1.54, 1.807) is 29.6 Å². The van der Waals surface area contributed by atoms with Gasteiger partial charge in [-0.2, -0.15) is 5.10 Å². The fourth-order valence-electron chi connectivity index (χ4n) is 3.73. The number of fused-ring (bicyclic) bond motifs is 1. The number of carbonyl (C=O) groups excluding carboxylic acids is 2. The summed E-state index contributed by atoms with van der Waals surface area (Å²) in [4.78, 5) is 35.9. The number of hydrogen-bond donors (Lipinski definition) is 1. The van der Waals surface area contributed by atoms with Crippen LogP contribution in [0.2, 0.25) is 0 Å². The Bertz CT molecular complexity index is 1060. The van der Waals surface area contributed by atoms with Crippen LogP contribution < -0.4 is 5.32 Å². The Morgan fingerprint density at radius 1 is 1.10 bits per heavy atom. The minimum Gasteiger partial charge on any atom is -0.339 e. The van der Waals surface area contributed by atoms with E-state index < -0.39 is 0 Å². The minimum atomic E-state index is -0.123. The van der Waals surface area contributed by atoms with Gasteiger partial charge in [-0.15, -0.1) is 0 Å². The van der Waals surface area contributed by atoms with Crippen molar-refractivity contribution in [3.8, 4) is 0 Å². The van der Waals surface area contributed by atoms with Crippen molar-refractivity contribution in [3.05, 3.63) is 47.9 Å². The third-order valence-electron chi connectivity index (χ3n) is 5.49. The number of nitrogens with one attached hydrogen (secondary N) is 1. The van der Waals surface area contributed by atoms with E-state index >= 15 is 0 Å². The molecule has 8 nitrogen and oxygen atoms in total. The third kappa shape index (κ3) is 4.03. The molecule has 8 heteroatoms. The number of anilines is 1. The summed E-state index contributed by atoms with van der Waals surface area (Å²) < 4.78 is 1.84. The fraction of sp³-hybridized carbons (Fsp3) is 0.409. The average molecular weight is 406 g/mol. The molecule has 1 aliphatic heterocycles. The van der Waals surface area contributed by atoms with E-state index in [1.165, 1.54) is 0 Å². The van der Waals surface area contributed by atoms with Crippen LogP contribution in [0.5, 0.6) is 0 Å². The predicted octanol–water partition coefficient (Wildman–Crippen LogP) is 3.21. The second-order valence-corrected chi connectivity index (χ2v) is 8.10. The molecule has 0 atom stereocenters. The third-order valence-corrected chi connectivity index (χ3v) is 5.49. The zero-order valence-corrected chi connectivity index (χ0v) is 17.5. The molecule has 2 amide bonds. The number of rotatable bonds is 4. The van der Waals surface area contributed by atoms with Gasteiger partial charge in [-0.3, -0.25) is 9.59 Å². The van der Waals surface area contributed by atoms with Gasteiger partial charge in [0.25, 0.3) is 5.91 Å². The molecule has 1 N–H and O–H groups in total. The zero-order chi connectivity index (χ0) is 21.3. The van der Waals surface area contributed by atoms with Gasteiger partial charge in [-0.05, 0) is 51.3 Å². The predicted molar refractivity (Wildman–Crippen MR) is 114 cm³/mol. The van der Waals surface area contributed by atoms with Gasteiger partial charge >= 0.3 is 0 Å². The summed E-state index contributed by atoms with van der Waals surface area (Å²) in [6, 6.07) is 5.77. The number of pyridine rings is 2. The van der Waals surface area contributed by atoms with Crippen LogP contribution in [0.4, 0.5) is 5.82 Å². The minimum absolute atomic E-state index is 0.0392. The lowest BCUT2D eigenvalue weighted by molar-refractivity contribution is -0.121. The Morgan fingerprint density at radius 2 is 1.87 bits per heavy atom. The Balaban J connectivity index is 1.37. The van der Waals surface area contributed by atoms with Crippen LogP contribution in [0.25, 0.3) is 11.0 Å². The van der Waals surface area contributed by atoms with Crippen LogP contribution in [-0.2, 0) is 4.79 Å². The molecule has 0 aliphatic carbocycles. The van der Waals surface area contributed by atoms with Gasteiger partial charge < -0.3 is 10.2 Å². The largest absolute Gasteiger partial charge is 0.339 e. The molecule has 1 fully saturated rings. The molecule has 0 unspecified atom stereocenters. The number of amides is 2. The molecule has 30 heavy (non-hydrogen) atoms. The van der Waals surface area contributed by atoms with Crippen molar-refractivity contribution in [2.24, 2.45) is 5.92 Å². The lowest BCUT2D eigenvalue weighted by atomic mass is 9.95. The molecule has 0 aromatic carbocycles. The zero-order valence-electron chi connectivity index (χ0n) is 17.5. The Hall–Kier alpha value is -3.29. The number of aryl methyl sites for hydroxylation is 1. The second-order valence-electron chi connectivity index (χ2n) is 8.10. The summed E-state index contributed by atoms with van der Waals surface area (Å²) in [6.45, 7) is 7.13. The SMILES string of the molecule is Cc1ccc(NC(=O)C2CCN(C(=O)c3cnc4c(cnn4C(C)C)c3)CC2)nc1. The molecule has 4 heterocycles. The molecular weight excluding hydrogens is 380 g/mol. The highest BCUT2D eigenvalue weighted by Gasteiger charge is 2.28. The van der Waals surface area contributed by atoms with Gasteiger partial charge in [0.2, 0.25) is 5.91 Å². The first kappa shape index (κ1) is 20.0. The first-order valence-electron chi connectivity index (χ1n) is 10.3. The Labute approximate surface area is 175 Å². The lowest BCUT2D eigenvalue weighted by Gasteiger charge is -2.31. The monoisotopic (exact) mass is 406 g/mol. The van der Waals surface area contributed by atoms with Crippen LogP contribution in [-0.4, -0.2) is 49.6 Å². The Morgan fingerprint density at radius 3 is 2.53 bits per heavy atom. The van der Waals surface area contributed by atoms with Crippen molar-refractivity contribution in [2.45, 2.75) is 39.7 Å². The number of aromatic nitrogens is 4. The summed E-state index contributed by atoms with van der Waals surface area (Å²) in [5, 5.41) is 8.09. The molecular formula is C22H26N6O2. The van der Waals surface area contributed by atoms with Gasteiger partial charge in [0, 0.05) is 42.8 Å². The molecule has 0 spiro atoms. The highest BCUT2D eigenvalue weighted by atomic mass is 16.2. The van der Waals surface area contributed by atoms with E-state index in [0.29, 0.717) is 37.3 Å². The maximum atomic E-state index is 12.9. The van der Waals surface area contributed by atoms with E-state index in [0.717, 1.165) is 16.6 Å². The lowest BCUT2D eigenvalue weighted by Crippen LogP contribution is -2.41. The standard InChI is InChI=1S/C22H26N6O2/c1-14(2)28-20-17(13-25-28)10-18(12-24-20)22(30)27-8-6-16(7-9-27)21(29)26-19-5-4-15(3)11-23-19/h4-5,10-14,16H,6-9H2,1-3H3,(H,23,26,29). The summed E-state index contributed by atoms with van der Waals surface area (Å²) in [7, 11) is 0. The van der Waals surface area contributed by atoms with Gasteiger partial charge in [-0.25, -0.2) is 14.6 Å². The number of carbonyl (C=O) groups is 2. The second kappa shape index (κ2) is 8.22. The van der Waals surface area contributed by atoms with Crippen LogP contribution in [0.3, 0.4) is 0 Å². The van der Waals surface area contributed by atoms with Gasteiger partial charge in [0.05, 0.1) is 11.8 Å². The molecule has 3 aromatic heterocycles. The van der Waals surface area contributed by atoms with Gasteiger partial charge in [0.15, 0.2) is 5.65 Å². The molecule has 0 bridgehead atoms. The normalized spacial score (nSPS) is 15.0. The molecule has 156 valence electrons. The molecule has 1 aliphatic rings. The van der Waals surface area contributed by atoms with E-state index in [-0.39, 0.29) is 23.8 Å². The fourth-order valence-corrected chi connectivity index (χ4v) is 3.73. The summed E-state index contributed by atoms with van der Waals surface area (Å²) in [5.41, 5.74) is 2.38. The summed E-state index contributed by atoms with van der Waals surface area (Å²) >= 11 is 0. The van der Waals surface area contributed by atoms with E-state index in [1.807, 2.05) is 37.6 Å². The quantitative estimate of drug-likeness (QED) is 0.718. The van der Waals surface area contributed by atoms with Crippen molar-refractivity contribution in [2.75, 3.05) is 18.4 Å². The Kier molecular flexibility index (Phi) is 5.48. The summed E-state index contributed by atoms with van der Waals surface area (Å²) in [5.74, 6) is 0.343. The molecule has 0 saturated carbocycles. The van der Waals surface area contributed by atoms with Gasteiger partial charge in [0.1, 0.15) is 5.82 Å². The maximum Gasteiger partial charge on any atom is 0.255 e. The number of likely N-dealkylation sites (tertiary alicyclic amines) is 1. The molecule has 3 aromatic rings. The maximum absolute atomic E-state index is 12.9. The highest BCUT2D eigenvalue weighted by molar-refractivity contribution is 5.97. The average Bonchev–Trinajstić information content (AvgIpc) is 3.18. The van der Waals surface area contributed by atoms with Crippen molar-refractivity contribution in [1.82, 2.24) is 24.6 Å². The molecule has 0 radical (unpaired) electrons. The van der Waals surface area contributed by atoms with E-state index in [2.05, 4.69) is 20.4 Å². The van der Waals surface area contributed by atoms with Crippen LogP contribution in [0.15, 0.2) is 36.8 Å².